The molecule has 7 heteroatoms. The van der Waals surface area contributed by atoms with Crippen LogP contribution in [0.4, 0.5) is 0 Å². The molecule has 0 rings (SSSR count). The third-order valence-electron chi connectivity index (χ3n) is 2.59. The first-order chi connectivity index (χ1) is 12.0. The van der Waals surface area contributed by atoms with E-state index in [9.17, 15) is 0 Å². The Bertz CT molecular complexity index is 254. The van der Waals surface area contributed by atoms with E-state index in [0.29, 0.717) is 0 Å². The van der Waals surface area contributed by atoms with Crippen LogP contribution in [0.2, 0.25) is 0 Å². The summed E-state index contributed by atoms with van der Waals surface area (Å²) in [5, 5.41) is 17.8. The predicted octanol–water partition coefficient (Wildman–Crippen LogP) is 6.03. The molecule has 2 atom stereocenters. The fourth-order valence-corrected chi connectivity index (χ4v) is 1.84. The maximum Gasteiger partial charge on any atom is 6.00 e. The summed E-state index contributed by atoms with van der Waals surface area (Å²) in [5.74, 6) is 0. The minimum Gasteiger partial charge on any atom is -0.678 e. The van der Waals surface area contributed by atoms with Gasteiger partial charge in [-0.2, -0.15) is 13.1 Å². The second-order valence-electron chi connectivity index (χ2n) is 7.38. The summed E-state index contributed by atoms with van der Waals surface area (Å²) in [5.41, 5.74) is 0.110. The number of carbonyl (C=O) groups excluding carboxylic acids is 2. The van der Waals surface area contributed by atoms with Gasteiger partial charge in [-0.1, -0.05) is 82.1 Å². The molecular weight excluding hydrogens is 429 g/mol. The van der Waals surface area contributed by atoms with Crippen LogP contribution in [0.25, 0.3) is 21.3 Å². The Kier molecular flexibility index (Phi) is 33.1. The molecule has 0 aromatic rings. The molecule has 0 radical (unpaired) electrons. The molecule has 6 nitrogen and oxygen atoms in total. The van der Waals surface area contributed by atoms with E-state index in [-0.39, 0.29) is 42.9 Å². The van der Waals surface area contributed by atoms with E-state index in [2.05, 4.69) is 104 Å². The van der Waals surface area contributed by atoms with Gasteiger partial charge in [-0.05, 0) is 0 Å². The van der Waals surface area contributed by atoms with Gasteiger partial charge in [0, 0.05) is 0 Å². The number of nitrogens with zero attached hydrogens (tertiary/aromatic N) is 4. The average Bonchev–Trinajstić information content (AvgIpc) is 2.56. The quantitative estimate of drug-likeness (QED) is 0.246. The zero-order valence-corrected chi connectivity index (χ0v) is 20.8. The largest absolute Gasteiger partial charge is 6.00 e. The molecule has 162 valence electrons. The summed E-state index contributed by atoms with van der Waals surface area (Å²) in [4.78, 5) is 15.5. The summed E-state index contributed by atoms with van der Waals surface area (Å²) < 4.78 is 0. The van der Waals surface area contributed by atoms with Crippen LogP contribution in [0.15, 0.2) is 0 Å². The van der Waals surface area contributed by atoms with Crippen molar-refractivity contribution in [2.45, 2.75) is 105 Å². The van der Waals surface area contributed by atoms with E-state index in [1.165, 1.54) is 0 Å². The van der Waals surface area contributed by atoms with Gasteiger partial charge >= 0.3 is 19.5 Å². The molecule has 0 heterocycles. The average molecular weight is 472 g/mol. The third kappa shape index (κ3) is 37.3. The van der Waals surface area contributed by atoms with Crippen LogP contribution in [0.5, 0.6) is 0 Å². The van der Waals surface area contributed by atoms with E-state index >= 15 is 0 Å². The van der Waals surface area contributed by atoms with Crippen molar-refractivity contribution in [3.63, 3.8) is 0 Å². The summed E-state index contributed by atoms with van der Waals surface area (Å²) in [6, 6.07) is 0. The standard InChI is InChI=1S/2C9H20N2.2CHO.Ru/c2*1-6-8(10-7-2)11-9(3,4)5;2*1-2;/h2*8H,6-7H2,1-5H3;2*1H;/q2*-2;2*-1;+6. The van der Waals surface area contributed by atoms with Crippen LogP contribution < -0.4 is 0 Å². The molecule has 0 aliphatic heterocycles. The van der Waals surface area contributed by atoms with E-state index in [0.717, 1.165) is 25.9 Å². The molecule has 0 aromatic heterocycles. The molecule has 0 bridgehead atoms. The topological polar surface area (TPSA) is 90.5 Å². The van der Waals surface area contributed by atoms with E-state index in [1.54, 1.807) is 0 Å². The first-order valence-electron chi connectivity index (χ1n) is 9.23. The Morgan fingerprint density at radius 3 is 0.963 bits per heavy atom. The summed E-state index contributed by atoms with van der Waals surface area (Å²) in [7, 11) is 0. The summed E-state index contributed by atoms with van der Waals surface area (Å²) >= 11 is 0. The van der Waals surface area contributed by atoms with Gasteiger partial charge in [-0.15, -0.1) is 11.1 Å². The van der Waals surface area contributed by atoms with E-state index in [4.69, 9.17) is 9.59 Å². The van der Waals surface area contributed by atoms with E-state index in [1.807, 2.05) is 0 Å². The maximum absolute atomic E-state index is 7.75. The molecular formula is C20H42N4O2Ru. The minimum atomic E-state index is 0. The zero-order valence-electron chi connectivity index (χ0n) is 19.1. The van der Waals surface area contributed by atoms with Crippen molar-refractivity contribution in [2.75, 3.05) is 13.1 Å². The van der Waals surface area contributed by atoms with Gasteiger partial charge in [0.25, 0.3) is 0 Å². The Morgan fingerprint density at radius 2 is 0.852 bits per heavy atom. The van der Waals surface area contributed by atoms with Gasteiger partial charge in [0.05, 0.1) is 0 Å². The van der Waals surface area contributed by atoms with E-state index < -0.39 is 0 Å². The number of hydrogen-bond donors (Lipinski definition) is 0. The van der Waals surface area contributed by atoms with Crippen LogP contribution in [-0.4, -0.2) is 50.1 Å². The van der Waals surface area contributed by atoms with Crippen LogP contribution in [0.1, 0.15) is 82.1 Å². The summed E-state index contributed by atoms with van der Waals surface area (Å²) in [6.07, 6.45) is 2.45. The molecule has 0 fully saturated rings. The van der Waals surface area contributed by atoms with Gasteiger partial charge < -0.3 is 30.9 Å². The minimum absolute atomic E-state index is 0. The second kappa shape index (κ2) is 23.8. The van der Waals surface area contributed by atoms with Crippen molar-refractivity contribution < 1.29 is 29.1 Å². The molecule has 0 aliphatic rings. The van der Waals surface area contributed by atoms with Crippen molar-refractivity contribution in [3.05, 3.63) is 21.3 Å². The fraction of sp³-hybridized carbons (Fsp3) is 0.900. The van der Waals surface area contributed by atoms with Crippen LogP contribution in [0.3, 0.4) is 0 Å². The van der Waals surface area contributed by atoms with Crippen molar-refractivity contribution in [1.29, 1.82) is 0 Å². The monoisotopic (exact) mass is 472 g/mol. The SMILES string of the molecule is CC[N-]C(CC)[N-]C(C)(C)C.CC[N-]C(CC)[N-]C(C)(C)C.[CH-]=O.[CH-]=O.[Ru+6]. The molecule has 2 unspecified atom stereocenters. The first kappa shape index (κ1) is 37.5. The normalized spacial score (nSPS) is 12.5. The van der Waals surface area contributed by atoms with Gasteiger partial charge in [0.1, 0.15) is 0 Å². The van der Waals surface area contributed by atoms with Crippen molar-refractivity contribution in [1.82, 2.24) is 0 Å². The number of rotatable bonds is 8. The van der Waals surface area contributed by atoms with Gasteiger partial charge in [-0.3, -0.25) is 13.6 Å². The molecule has 0 aromatic carbocycles. The van der Waals surface area contributed by atoms with Gasteiger partial charge in [-0.25, -0.2) is 12.3 Å². The van der Waals surface area contributed by atoms with Crippen LogP contribution in [-0.2, 0) is 29.1 Å². The molecule has 0 spiro atoms. The smallest absolute Gasteiger partial charge is 0.678 e. The van der Waals surface area contributed by atoms with Crippen molar-refractivity contribution >= 4 is 13.6 Å². The predicted molar refractivity (Wildman–Crippen MR) is 116 cm³/mol. The van der Waals surface area contributed by atoms with Crippen LogP contribution >= 0.6 is 0 Å². The second-order valence-corrected chi connectivity index (χ2v) is 7.38. The Morgan fingerprint density at radius 1 is 0.630 bits per heavy atom. The van der Waals surface area contributed by atoms with Gasteiger partial charge in [0.2, 0.25) is 0 Å². The number of hydrogen-bond acceptors (Lipinski definition) is 2. The fourth-order valence-electron chi connectivity index (χ4n) is 1.84. The van der Waals surface area contributed by atoms with Gasteiger partial charge in [0.15, 0.2) is 0 Å². The Labute approximate surface area is 182 Å². The Balaban J connectivity index is -0.0000000975. The Hall–Kier alpha value is -0.197. The molecule has 0 aliphatic carbocycles. The van der Waals surface area contributed by atoms with Crippen LogP contribution in [0, 0.1) is 0 Å². The molecule has 27 heavy (non-hydrogen) atoms. The molecule has 0 saturated carbocycles. The molecule has 0 saturated heterocycles. The first-order valence-corrected chi connectivity index (χ1v) is 9.23. The molecule has 0 N–H and O–H groups in total. The zero-order chi connectivity index (χ0) is 21.8. The van der Waals surface area contributed by atoms with Crippen molar-refractivity contribution in [3.8, 4) is 0 Å². The molecule has 0 amide bonds. The summed E-state index contributed by atoms with van der Waals surface area (Å²) in [6.45, 7) is 29.3. The maximum atomic E-state index is 7.75. The van der Waals surface area contributed by atoms with Crippen molar-refractivity contribution in [2.24, 2.45) is 0 Å². The third-order valence-corrected chi connectivity index (χ3v) is 2.59.